The predicted octanol–water partition coefficient (Wildman–Crippen LogP) is 2.84. The molecule has 3 rings (SSSR count). The van der Waals surface area contributed by atoms with Crippen molar-refractivity contribution in [1.82, 2.24) is 9.21 Å². The topological polar surface area (TPSA) is 76.2 Å². The summed E-state index contributed by atoms with van der Waals surface area (Å²) in [5.41, 5.74) is 0. The van der Waals surface area contributed by atoms with E-state index in [1.54, 1.807) is 22.4 Å². The van der Waals surface area contributed by atoms with Crippen LogP contribution >= 0.6 is 11.3 Å². The third-order valence-electron chi connectivity index (χ3n) is 4.62. The minimum Gasteiger partial charge on any atom is -0.490 e. The number of amides is 1. The zero-order chi connectivity index (χ0) is 20.7. The molecule has 0 N–H and O–H groups in total. The maximum Gasteiger partial charge on any atom is 0.252 e. The van der Waals surface area contributed by atoms with Crippen LogP contribution in [0.4, 0.5) is 0 Å². The second-order valence-corrected chi connectivity index (χ2v) is 9.66. The van der Waals surface area contributed by atoms with Crippen LogP contribution in [0, 0.1) is 0 Å². The molecule has 29 heavy (non-hydrogen) atoms. The second-order valence-electron chi connectivity index (χ2n) is 6.55. The van der Waals surface area contributed by atoms with Crippen molar-refractivity contribution in [1.29, 1.82) is 0 Å². The Morgan fingerprint density at radius 1 is 1.03 bits per heavy atom. The molecule has 2 heterocycles. The van der Waals surface area contributed by atoms with Gasteiger partial charge in [0, 0.05) is 32.6 Å². The third kappa shape index (κ3) is 5.49. The molecule has 0 unspecified atom stereocenters. The predicted molar refractivity (Wildman–Crippen MR) is 112 cm³/mol. The Hall–Kier alpha value is -2.10. The molecule has 2 aromatic rings. The van der Waals surface area contributed by atoms with E-state index in [1.807, 2.05) is 31.2 Å². The molecule has 158 valence electrons. The van der Waals surface area contributed by atoms with Gasteiger partial charge in [0.2, 0.25) is 5.91 Å². The lowest BCUT2D eigenvalue weighted by molar-refractivity contribution is -0.132. The molecule has 0 bridgehead atoms. The van der Waals surface area contributed by atoms with Crippen LogP contribution in [0.2, 0.25) is 0 Å². The second kappa shape index (κ2) is 10.1. The largest absolute Gasteiger partial charge is 0.490 e. The number of sulfonamides is 1. The number of piperazine rings is 1. The summed E-state index contributed by atoms with van der Waals surface area (Å²) in [6.07, 6.45) is 0.960. The molecule has 0 radical (unpaired) electrons. The van der Waals surface area contributed by atoms with Crippen LogP contribution in [0.3, 0.4) is 0 Å². The lowest BCUT2D eigenvalue weighted by Crippen LogP contribution is -2.50. The molecule has 1 aromatic heterocycles. The minimum absolute atomic E-state index is 0.0277. The van der Waals surface area contributed by atoms with Crippen LogP contribution in [0.25, 0.3) is 0 Å². The van der Waals surface area contributed by atoms with E-state index in [0.717, 1.165) is 0 Å². The number of carbonyl (C=O) groups excluding carboxylic acids is 1. The van der Waals surface area contributed by atoms with E-state index >= 15 is 0 Å². The van der Waals surface area contributed by atoms with E-state index in [2.05, 4.69) is 0 Å². The number of hydrogen-bond acceptors (Lipinski definition) is 6. The Morgan fingerprint density at radius 3 is 2.34 bits per heavy atom. The van der Waals surface area contributed by atoms with Gasteiger partial charge in [-0.05, 0) is 36.9 Å². The van der Waals surface area contributed by atoms with E-state index in [1.165, 1.54) is 15.6 Å². The van der Waals surface area contributed by atoms with Gasteiger partial charge in [-0.3, -0.25) is 4.79 Å². The molecule has 1 aliphatic heterocycles. The number of carbonyl (C=O) groups is 1. The SMILES string of the molecule is CCOc1ccccc1OCCCC(=O)N1CCN(S(=O)(=O)c2cccs2)CC1. The first-order valence-corrected chi connectivity index (χ1v) is 12.0. The van der Waals surface area contributed by atoms with Crippen LogP contribution in [-0.4, -0.2) is 62.9 Å². The Morgan fingerprint density at radius 2 is 1.72 bits per heavy atom. The Bertz CT molecular complexity index is 891. The first-order valence-electron chi connectivity index (χ1n) is 9.68. The maximum atomic E-state index is 12.6. The summed E-state index contributed by atoms with van der Waals surface area (Å²) in [5.74, 6) is 1.40. The third-order valence-corrected chi connectivity index (χ3v) is 7.89. The summed E-state index contributed by atoms with van der Waals surface area (Å²) in [6.45, 7) is 4.37. The molecule has 1 aromatic carbocycles. The average molecular weight is 439 g/mol. The molecule has 0 aliphatic carbocycles. The lowest BCUT2D eigenvalue weighted by atomic mass is 10.2. The lowest BCUT2D eigenvalue weighted by Gasteiger charge is -2.33. The van der Waals surface area contributed by atoms with Gasteiger partial charge in [-0.2, -0.15) is 4.31 Å². The number of nitrogens with zero attached hydrogens (tertiary/aromatic N) is 2. The molecule has 0 atom stereocenters. The van der Waals surface area contributed by atoms with Gasteiger partial charge in [-0.1, -0.05) is 18.2 Å². The highest BCUT2D eigenvalue weighted by atomic mass is 32.2. The van der Waals surface area contributed by atoms with E-state index in [-0.39, 0.29) is 5.91 Å². The fraction of sp³-hybridized carbons (Fsp3) is 0.450. The zero-order valence-electron chi connectivity index (χ0n) is 16.5. The summed E-state index contributed by atoms with van der Waals surface area (Å²) in [4.78, 5) is 14.2. The fourth-order valence-corrected chi connectivity index (χ4v) is 5.69. The fourth-order valence-electron chi connectivity index (χ4n) is 3.12. The van der Waals surface area contributed by atoms with Crippen LogP contribution < -0.4 is 9.47 Å². The van der Waals surface area contributed by atoms with Crippen molar-refractivity contribution in [3.8, 4) is 11.5 Å². The smallest absolute Gasteiger partial charge is 0.252 e. The summed E-state index contributed by atoms with van der Waals surface area (Å²) in [5, 5.41) is 1.75. The number of para-hydroxylation sites is 2. The molecule has 1 saturated heterocycles. The average Bonchev–Trinajstić information content (AvgIpc) is 3.28. The van der Waals surface area contributed by atoms with E-state index in [9.17, 15) is 13.2 Å². The monoisotopic (exact) mass is 438 g/mol. The molecule has 1 amide bonds. The van der Waals surface area contributed by atoms with E-state index in [0.29, 0.717) is 67.9 Å². The summed E-state index contributed by atoms with van der Waals surface area (Å²) in [7, 11) is -3.45. The highest BCUT2D eigenvalue weighted by molar-refractivity contribution is 7.91. The highest BCUT2D eigenvalue weighted by Gasteiger charge is 2.30. The summed E-state index contributed by atoms with van der Waals surface area (Å²) in [6, 6.07) is 10.8. The highest BCUT2D eigenvalue weighted by Crippen LogP contribution is 2.26. The van der Waals surface area contributed by atoms with Crippen molar-refractivity contribution in [2.24, 2.45) is 0 Å². The first-order chi connectivity index (χ1) is 14.0. The molecule has 7 nitrogen and oxygen atoms in total. The van der Waals surface area contributed by atoms with Crippen molar-refractivity contribution in [3.63, 3.8) is 0 Å². The molecule has 9 heteroatoms. The van der Waals surface area contributed by atoms with Gasteiger partial charge in [-0.15, -0.1) is 11.3 Å². The molecule has 1 fully saturated rings. The molecule has 1 aliphatic rings. The van der Waals surface area contributed by atoms with Gasteiger partial charge in [0.15, 0.2) is 11.5 Å². The quantitative estimate of drug-likeness (QED) is 0.563. The van der Waals surface area contributed by atoms with Crippen LogP contribution in [0.1, 0.15) is 19.8 Å². The van der Waals surface area contributed by atoms with Crippen LogP contribution in [0.15, 0.2) is 46.0 Å². The van der Waals surface area contributed by atoms with Crippen molar-refractivity contribution in [3.05, 3.63) is 41.8 Å². The van der Waals surface area contributed by atoms with Gasteiger partial charge < -0.3 is 14.4 Å². The molecular formula is C20H26N2O5S2. The number of ether oxygens (including phenoxy) is 2. The van der Waals surface area contributed by atoms with Crippen molar-refractivity contribution < 1.29 is 22.7 Å². The van der Waals surface area contributed by atoms with Gasteiger partial charge in [0.05, 0.1) is 13.2 Å². The maximum absolute atomic E-state index is 12.6. The van der Waals surface area contributed by atoms with Crippen molar-refractivity contribution >= 4 is 27.3 Å². The molecule has 0 saturated carbocycles. The van der Waals surface area contributed by atoms with Crippen molar-refractivity contribution in [2.45, 2.75) is 24.0 Å². The van der Waals surface area contributed by atoms with Crippen LogP contribution in [-0.2, 0) is 14.8 Å². The number of rotatable bonds is 9. The van der Waals surface area contributed by atoms with Crippen molar-refractivity contribution in [2.75, 3.05) is 39.4 Å². The number of thiophene rings is 1. The minimum atomic E-state index is -3.45. The van der Waals surface area contributed by atoms with Gasteiger partial charge in [0.25, 0.3) is 10.0 Å². The van der Waals surface area contributed by atoms with E-state index in [4.69, 9.17) is 9.47 Å². The zero-order valence-corrected chi connectivity index (χ0v) is 18.1. The summed E-state index contributed by atoms with van der Waals surface area (Å²) < 4.78 is 38.2. The Balaban J connectivity index is 1.41. The Labute approximate surface area is 175 Å². The Kier molecular flexibility index (Phi) is 7.51. The van der Waals surface area contributed by atoms with E-state index < -0.39 is 10.0 Å². The molecular weight excluding hydrogens is 412 g/mol. The number of benzene rings is 1. The standard InChI is InChI=1S/C20H26N2O5S2/c1-2-26-17-7-3-4-8-18(17)27-15-5-9-19(23)21-11-13-22(14-12-21)29(24,25)20-10-6-16-28-20/h3-4,6-8,10,16H,2,5,9,11-15H2,1H3. The van der Waals surface area contributed by atoms with Gasteiger partial charge in [0.1, 0.15) is 4.21 Å². The van der Waals surface area contributed by atoms with Crippen LogP contribution in [0.5, 0.6) is 11.5 Å². The molecule has 0 spiro atoms. The van der Waals surface area contributed by atoms with Gasteiger partial charge >= 0.3 is 0 Å². The normalized spacial score (nSPS) is 15.3. The summed E-state index contributed by atoms with van der Waals surface area (Å²) >= 11 is 1.21. The van der Waals surface area contributed by atoms with Gasteiger partial charge in [-0.25, -0.2) is 8.42 Å². The first kappa shape index (κ1) is 21.6. The number of hydrogen-bond donors (Lipinski definition) is 0.